The van der Waals surface area contributed by atoms with Crippen LogP contribution in [0.1, 0.15) is 0 Å². The van der Waals surface area contributed by atoms with Gasteiger partial charge in [-0.15, -0.1) is 11.3 Å². The Morgan fingerprint density at radius 1 is 0.365 bits per heavy atom. The minimum absolute atomic E-state index is 0.640. The summed E-state index contributed by atoms with van der Waals surface area (Å²) in [4.78, 5) is 15.4. The summed E-state index contributed by atoms with van der Waals surface area (Å²) in [5.41, 5.74) is 6.90. The van der Waals surface area contributed by atoms with Crippen LogP contribution in [0, 0.1) is 0 Å². The van der Waals surface area contributed by atoms with Gasteiger partial charge < -0.3 is 4.42 Å². The first-order chi connectivity index (χ1) is 25.7. The van der Waals surface area contributed by atoms with Crippen LogP contribution in [0.25, 0.3) is 109 Å². The van der Waals surface area contributed by atoms with Crippen molar-refractivity contribution in [3.8, 4) is 45.3 Å². The highest BCUT2D eigenvalue weighted by atomic mass is 32.1. The third-order valence-electron chi connectivity index (χ3n) is 10.1. The molecule has 0 amide bonds. The Morgan fingerprint density at radius 2 is 1.02 bits per heavy atom. The summed E-state index contributed by atoms with van der Waals surface area (Å²) in [6.07, 6.45) is 0. The van der Waals surface area contributed by atoms with Crippen molar-refractivity contribution >= 4 is 75.0 Å². The molecule has 0 bridgehead atoms. The van der Waals surface area contributed by atoms with Gasteiger partial charge in [-0.05, 0) is 69.1 Å². The smallest absolute Gasteiger partial charge is 0.164 e. The van der Waals surface area contributed by atoms with Crippen LogP contribution in [0.15, 0.2) is 168 Å². The number of nitrogens with zero attached hydrogens (tertiary/aromatic N) is 3. The van der Waals surface area contributed by atoms with E-state index in [0.717, 1.165) is 60.5 Å². The summed E-state index contributed by atoms with van der Waals surface area (Å²) in [6.45, 7) is 0. The molecule has 0 aliphatic heterocycles. The van der Waals surface area contributed by atoms with Gasteiger partial charge in [0.05, 0.1) is 0 Å². The molecular weight excluding hydrogens is 655 g/mol. The van der Waals surface area contributed by atoms with Gasteiger partial charge in [0.2, 0.25) is 0 Å². The molecule has 11 rings (SSSR count). The van der Waals surface area contributed by atoms with Crippen LogP contribution in [-0.4, -0.2) is 15.0 Å². The average Bonchev–Trinajstić information content (AvgIpc) is 3.77. The van der Waals surface area contributed by atoms with E-state index in [-0.39, 0.29) is 0 Å². The lowest BCUT2D eigenvalue weighted by Crippen LogP contribution is -2.00. The molecule has 11 aromatic rings. The number of benzene rings is 8. The number of aromatic nitrogens is 3. The van der Waals surface area contributed by atoms with E-state index >= 15 is 0 Å². The predicted molar refractivity (Wildman–Crippen MR) is 217 cm³/mol. The molecule has 0 N–H and O–H groups in total. The number of hydrogen-bond acceptors (Lipinski definition) is 5. The Bertz CT molecular complexity index is 3200. The highest BCUT2D eigenvalue weighted by molar-refractivity contribution is 7.25. The summed E-state index contributed by atoms with van der Waals surface area (Å²) >= 11 is 1.80. The lowest BCUT2D eigenvalue weighted by Gasteiger charge is -2.14. The second kappa shape index (κ2) is 11.4. The molecule has 0 saturated heterocycles. The fourth-order valence-corrected chi connectivity index (χ4v) is 8.82. The Hall–Kier alpha value is -6.69. The van der Waals surface area contributed by atoms with Crippen LogP contribution in [0.3, 0.4) is 0 Å². The van der Waals surface area contributed by atoms with E-state index in [9.17, 15) is 0 Å². The molecular formula is C47H27N3OS. The predicted octanol–water partition coefficient (Wildman–Crippen LogP) is 13.1. The molecule has 3 aromatic heterocycles. The van der Waals surface area contributed by atoms with Gasteiger partial charge in [-0.2, -0.15) is 0 Å². The van der Waals surface area contributed by atoms with E-state index in [1.54, 1.807) is 11.3 Å². The molecule has 5 heteroatoms. The molecule has 0 spiro atoms. The minimum Gasteiger partial charge on any atom is -0.456 e. The van der Waals surface area contributed by atoms with Gasteiger partial charge in [-0.25, -0.2) is 15.0 Å². The van der Waals surface area contributed by atoms with E-state index in [1.165, 1.54) is 30.9 Å². The first-order valence-electron chi connectivity index (χ1n) is 17.3. The molecule has 0 unspecified atom stereocenters. The van der Waals surface area contributed by atoms with Crippen LogP contribution < -0.4 is 0 Å². The maximum Gasteiger partial charge on any atom is 0.164 e. The SMILES string of the molecule is c1ccc(-c2nc(-c3ccc4c(c3)sc3ccccc34)nc(-c3ccc(-c4cccc5oc6cc7ccccc7cc6c45)c4ccccc34)n2)cc1. The van der Waals surface area contributed by atoms with Crippen LogP contribution in [0.4, 0.5) is 0 Å². The minimum atomic E-state index is 0.640. The third kappa shape index (κ3) is 4.57. The third-order valence-corrected chi connectivity index (χ3v) is 11.3. The van der Waals surface area contributed by atoms with Crippen LogP contribution in [0.5, 0.6) is 0 Å². The molecule has 0 saturated carbocycles. The second-order valence-corrected chi connectivity index (χ2v) is 14.2. The zero-order chi connectivity index (χ0) is 34.2. The fourth-order valence-electron chi connectivity index (χ4n) is 7.67. The van der Waals surface area contributed by atoms with Gasteiger partial charge in [0.15, 0.2) is 17.5 Å². The Balaban J connectivity index is 1.12. The van der Waals surface area contributed by atoms with E-state index in [4.69, 9.17) is 19.4 Å². The van der Waals surface area contributed by atoms with E-state index in [2.05, 4.69) is 146 Å². The lowest BCUT2D eigenvalue weighted by molar-refractivity contribution is 0.669. The topological polar surface area (TPSA) is 51.8 Å². The molecule has 0 atom stereocenters. The summed E-state index contributed by atoms with van der Waals surface area (Å²) in [5.74, 6) is 1.94. The molecule has 0 aliphatic carbocycles. The Labute approximate surface area is 302 Å². The molecule has 52 heavy (non-hydrogen) atoms. The maximum atomic E-state index is 6.46. The van der Waals surface area contributed by atoms with Crippen molar-refractivity contribution in [3.05, 3.63) is 164 Å². The fraction of sp³-hybridized carbons (Fsp3) is 0. The lowest BCUT2D eigenvalue weighted by atomic mass is 9.92. The van der Waals surface area contributed by atoms with Gasteiger partial charge >= 0.3 is 0 Å². The van der Waals surface area contributed by atoms with Crippen molar-refractivity contribution in [1.82, 2.24) is 15.0 Å². The molecule has 8 aromatic carbocycles. The highest BCUT2D eigenvalue weighted by Crippen LogP contribution is 2.43. The number of fused-ring (bicyclic) bond motifs is 8. The first-order valence-corrected chi connectivity index (χ1v) is 18.2. The van der Waals surface area contributed by atoms with Crippen molar-refractivity contribution in [2.45, 2.75) is 0 Å². The number of rotatable bonds is 4. The summed E-state index contributed by atoms with van der Waals surface area (Å²) < 4.78 is 8.94. The Kier molecular flexibility index (Phi) is 6.39. The average molecular weight is 682 g/mol. The number of furan rings is 1. The Morgan fingerprint density at radius 3 is 1.87 bits per heavy atom. The summed E-state index contributed by atoms with van der Waals surface area (Å²) in [5, 5.41) is 9.31. The quantitative estimate of drug-likeness (QED) is 0.185. The molecule has 4 nitrogen and oxygen atoms in total. The van der Waals surface area contributed by atoms with Crippen LogP contribution in [0.2, 0.25) is 0 Å². The van der Waals surface area contributed by atoms with E-state index in [1.807, 2.05) is 18.2 Å². The highest BCUT2D eigenvalue weighted by Gasteiger charge is 2.19. The van der Waals surface area contributed by atoms with Crippen molar-refractivity contribution < 1.29 is 4.42 Å². The monoisotopic (exact) mass is 681 g/mol. The van der Waals surface area contributed by atoms with Crippen LogP contribution in [-0.2, 0) is 0 Å². The molecule has 3 heterocycles. The normalized spacial score (nSPS) is 11.8. The number of thiophene rings is 1. The molecule has 0 radical (unpaired) electrons. The van der Waals surface area contributed by atoms with E-state index < -0.39 is 0 Å². The van der Waals surface area contributed by atoms with Gasteiger partial charge in [0.25, 0.3) is 0 Å². The van der Waals surface area contributed by atoms with E-state index in [0.29, 0.717) is 17.5 Å². The van der Waals surface area contributed by atoms with Gasteiger partial charge in [0, 0.05) is 47.6 Å². The van der Waals surface area contributed by atoms with Gasteiger partial charge in [-0.3, -0.25) is 0 Å². The summed E-state index contributed by atoms with van der Waals surface area (Å²) in [7, 11) is 0. The zero-order valence-electron chi connectivity index (χ0n) is 27.7. The number of hydrogen-bond donors (Lipinski definition) is 0. The first kappa shape index (κ1) is 29.1. The molecule has 0 aliphatic rings. The van der Waals surface area contributed by atoms with Crippen LogP contribution >= 0.6 is 11.3 Å². The second-order valence-electron chi connectivity index (χ2n) is 13.2. The molecule has 0 fully saturated rings. The molecule has 242 valence electrons. The van der Waals surface area contributed by atoms with Crippen molar-refractivity contribution in [2.75, 3.05) is 0 Å². The standard InChI is InChI=1S/C47H27N3OS/c1-2-11-28(12-3-1)45-48-46(31-21-22-36-35-17-8-9-20-42(35)52-43(36)27-31)50-47(49-45)38-24-23-34(32-15-6-7-16-33(32)38)37-18-10-19-40-44(37)39-25-29-13-4-5-14-30(29)26-41(39)51-40/h1-27H. The summed E-state index contributed by atoms with van der Waals surface area (Å²) in [6, 6.07) is 57.4. The maximum absolute atomic E-state index is 6.46. The largest absolute Gasteiger partial charge is 0.456 e. The van der Waals surface area contributed by atoms with Gasteiger partial charge in [0.1, 0.15) is 11.2 Å². The van der Waals surface area contributed by atoms with Gasteiger partial charge in [-0.1, -0.05) is 127 Å². The van der Waals surface area contributed by atoms with Crippen molar-refractivity contribution in [1.29, 1.82) is 0 Å². The zero-order valence-corrected chi connectivity index (χ0v) is 28.6. The van der Waals surface area contributed by atoms with Crippen molar-refractivity contribution in [3.63, 3.8) is 0 Å². The van der Waals surface area contributed by atoms with Crippen molar-refractivity contribution in [2.24, 2.45) is 0 Å².